The maximum Gasteiger partial charge on any atom is 0.237 e. The quantitative estimate of drug-likeness (QED) is 0.540. The van der Waals surface area contributed by atoms with E-state index in [2.05, 4.69) is 56.6 Å². The minimum atomic E-state index is -0.0821. The summed E-state index contributed by atoms with van der Waals surface area (Å²) in [5.41, 5.74) is 4.64. The van der Waals surface area contributed by atoms with Crippen molar-refractivity contribution in [2.45, 2.75) is 39.6 Å². The minimum absolute atomic E-state index is 0.0821. The van der Waals surface area contributed by atoms with Gasteiger partial charge in [0.2, 0.25) is 5.43 Å². The Morgan fingerprint density at radius 3 is 2.41 bits per heavy atom. The van der Waals surface area contributed by atoms with Gasteiger partial charge < -0.3 is 9.30 Å². The highest BCUT2D eigenvalue weighted by molar-refractivity contribution is 9.10. The first kappa shape index (κ1) is 19.9. The normalized spacial score (nSPS) is 13.9. The zero-order chi connectivity index (χ0) is 20.2. The molecule has 0 saturated heterocycles. The molecule has 0 aliphatic carbocycles. The second-order valence-electron chi connectivity index (χ2n) is 7.43. The average molecular weight is 453 g/mol. The molecule has 4 rings (SSSR count). The minimum Gasteiger partial charge on any atom is -0.483 e. The maximum absolute atomic E-state index is 12.8. The molecule has 0 fully saturated rings. The van der Waals surface area contributed by atoms with Gasteiger partial charge in [0.15, 0.2) is 5.75 Å². The van der Waals surface area contributed by atoms with Crippen LogP contribution in [0.4, 0.5) is 0 Å². The summed E-state index contributed by atoms with van der Waals surface area (Å²) in [6.45, 7) is 5.96. The van der Waals surface area contributed by atoms with E-state index in [1.807, 2.05) is 36.5 Å². The Balaban J connectivity index is 1.48. The van der Waals surface area contributed by atoms with Crippen LogP contribution >= 0.6 is 15.9 Å². The van der Waals surface area contributed by atoms with Gasteiger partial charge in [-0.2, -0.15) is 0 Å². The van der Waals surface area contributed by atoms with Crippen LogP contribution in [0.3, 0.4) is 0 Å². The Labute approximate surface area is 179 Å². The first-order valence-electron chi connectivity index (χ1n) is 10.0. The van der Waals surface area contributed by atoms with E-state index in [4.69, 9.17) is 4.74 Å². The van der Waals surface area contributed by atoms with Crippen LogP contribution in [0.1, 0.15) is 29.3 Å². The zero-order valence-electron chi connectivity index (χ0n) is 16.6. The Morgan fingerprint density at radius 2 is 1.69 bits per heavy atom. The Bertz CT molecular complexity index is 1030. The molecule has 0 radical (unpaired) electrons. The van der Waals surface area contributed by atoms with E-state index < -0.39 is 0 Å². The summed E-state index contributed by atoms with van der Waals surface area (Å²) in [6.07, 6.45) is 2.92. The lowest BCUT2D eigenvalue weighted by atomic mass is 10.1. The van der Waals surface area contributed by atoms with Gasteiger partial charge in [0.1, 0.15) is 6.61 Å². The highest BCUT2D eigenvalue weighted by Crippen LogP contribution is 2.24. The van der Waals surface area contributed by atoms with E-state index in [-0.39, 0.29) is 5.43 Å². The highest BCUT2D eigenvalue weighted by atomic mass is 79.9. The number of aryl methyl sites for hydroxylation is 1. The molecule has 0 bridgehead atoms. The van der Waals surface area contributed by atoms with Crippen molar-refractivity contribution in [3.05, 3.63) is 97.9 Å². The van der Waals surface area contributed by atoms with E-state index in [9.17, 15) is 4.79 Å². The van der Waals surface area contributed by atoms with Crippen LogP contribution < -0.4 is 10.2 Å². The van der Waals surface area contributed by atoms with Crippen molar-refractivity contribution in [1.29, 1.82) is 0 Å². The standard InChI is InChI=1S/C24H25BrN2O2/c1-2-18-8-10-19(11-9-18)14-26-12-13-27-16-22(24(28)23(25)21(27)15-26)29-17-20-6-4-3-5-7-20/h3-11,16H,2,12-15,17H2,1H3. The third-order valence-electron chi connectivity index (χ3n) is 5.40. The summed E-state index contributed by atoms with van der Waals surface area (Å²) in [4.78, 5) is 15.2. The van der Waals surface area contributed by atoms with Gasteiger partial charge in [0.05, 0.1) is 16.4 Å². The van der Waals surface area contributed by atoms with E-state index in [0.717, 1.165) is 43.9 Å². The number of aromatic nitrogens is 1. The molecule has 0 spiro atoms. The molecule has 0 saturated carbocycles. The molecule has 0 atom stereocenters. The largest absolute Gasteiger partial charge is 0.483 e. The number of pyridine rings is 1. The predicted octanol–water partition coefficient (Wildman–Crippen LogP) is 4.77. The molecule has 2 heterocycles. The van der Waals surface area contributed by atoms with Gasteiger partial charge in [-0.25, -0.2) is 0 Å². The second kappa shape index (κ2) is 8.97. The molecule has 150 valence electrons. The molecule has 4 nitrogen and oxygen atoms in total. The fourth-order valence-corrected chi connectivity index (χ4v) is 4.20. The topological polar surface area (TPSA) is 34.5 Å². The predicted molar refractivity (Wildman–Crippen MR) is 119 cm³/mol. The van der Waals surface area contributed by atoms with Gasteiger partial charge in [-0.05, 0) is 39.0 Å². The lowest BCUT2D eigenvalue weighted by molar-refractivity contribution is 0.207. The molecule has 3 aromatic rings. The van der Waals surface area contributed by atoms with Crippen molar-refractivity contribution < 1.29 is 4.74 Å². The fraction of sp³-hybridized carbons (Fsp3) is 0.292. The van der Waals surface area contributed by atoms with E-state index in [1.165, 1.54) is 11.1 Å². The van der Waals surface area contributed by atoms with Crippen LogP contribution in [0.2, 0.25) is 0 Å². The smallest absolute Gasteiger partial charge is 0.237 e. The Morgan fingerprint density at radius 1 is 0.966 bits per heavy atom. The molecule has 29 heavy (non-hydrogen) atoms. The Kier molecular flexibility index (Phi) is 6.16. The monoisotopic (exact) mass is 452 g/mol. The molecule has 0 unspecified atom stereocenters. The fourth-order valence-electron chi connectivity index (χ4n) is 3.65. The zero-order valence-corrected chi connectivity index (χ0v) is 18.2. The highest BCUT2D eigenvalue weighted by Gasteiger charge is 2.22. The Hall–Kier alpha value is -2.37. The van der Waals surface area contributed by atoms with E-state index >= 15 is 0 Å². The maximum atomic E-state index is 12.8. The van der Waals surface area contributed by atoms with Gasteiger partial charge >= 0.3 is 0 Å². The summed E-state index contributed by atoms with van der Waals surface area (Å²) in [6, 6.07) is 18.7. The van der Waals surface area contributed by atoms with Crippen LogP contribution in [0, 0.1) is 0 Å². The van der Waals surface area contributed by atoms with Crippen molar-refractivity contribution in [2.24, 2.45) is 0 Å². The summed E-state index contributed by atoms with van der Waals surface area (Å²) >= 11 is 3.53. The molecule has 1 aliphatic heterocycles. The second-order valence-corrected chi connectivity index (χ2v) is 8.22. The van der Waals surface area contributed by atoms with E-state index in [1.54, 1.807) is 0 Å². The van der Waals surface area contributed by atoms with Gasteiger partial charge in [0, 0.05) is 26.2 Å². The molecule has 2 aromatic carbocycles. The van der Waals surface area contributed by atoms with Crippen molar-refractivity contribution in [3.63, 3.8) is 0 Å². The number of benzene rings is 2. The number of ether oxygens (including phenoxy) is 1. The van der Waals surface area contributed by atoms with Crippen molar-refractivity contribution in [2.75, 3.05) is 6.54 Å². The first-order chi connectivity index (χ1) is 14.1. The van der Waals surface area contributed by atoms with Crippen molar-refractivity contribution in [3.8, 4) is 5.75 Å². The van der Waals surface area contributed by atoms with Gasteiger partial charge in [0.25, 0.3) is 0 Å². The van der Waals surface area contributed by atoms with Crippen LogP contribution in [-0.4, -0.2) is 16.0 Å². The van der Waals surface area contributed by atoms with Crippen LogP contribution in [0.5, 0.6) is 5.75 Å². The number of nitrogens with zero attached hydrogens (tertiary/aromatic N) is 2. The third-order valence-corrected chi connectivity index (χ3v) is 6.22. The summed E-state index contributed by atoms with van der Waals surface area (Å²) < 4.78 is 8.58. The first-order valence-corrected chi connectivity index (χ1v) is 10.8. The van der Waals surface area contributed by atoms with Crippen molar-refractivity contribution in [1.82, 2.24) is 9.47 Å². The number of hydrogen-bond acceptors (Lipinski definition) is 3. The molecule has 1 aliphatic rings. The number of fused-ring (bicyclic) bond motifs is 1. The van der Waals surface area contributed by atoms with Crippen LogP contribution in [0.25, 0.3) is 0 Å². The molecular weight excluding hydrogens is 428 g/mol. The molecule has 0 N–H and O–H groups in total. The van der Waals surface area contributed by atoms with Crippen molar-refractivity contribution >= 4 is 15.9 Å². The molecule has 5 heteroatoms. The average Bonchev–Trinajstić information content (AvgIpc) is 2.77. The molecule has 0 amide bonds. The van der Waals surface area contributed by atoms with E-state index in [0.29, 0.717) is 16.8 Å². The summed E-state index contributed by atoms with van der Waals surface area (Å²) in [5, 5.41) is 0. The summed E-state index contributed by atoms with van der Waals surface area (Å²) in [5.74, 6) is 0.396. The number of hydrogen-bond donors (Lipinski definition) is 0. The third kappa shape index (κ3) is 4.62. The van der Waals surface area contributed by atoms with Gasteiger partial charge in [-0.15, -0.1) is 0 Å². The lowest BCUT2D eigenvalue weighted by Gasteiger charge is -2.31. The van der Waals surface area contributed by atoms with Gasteiger partial charge in [-0.3, -0.25) is 9.69 Å². The summed E-state index contributed by atoms with van der Waals surface area (Å²) in [7, 11) is 0. The molecule has 1 aromatic heterocycles. The van der Waals surface area contributed by atoms with Crippen LogP contribution in [0.15, 0.2) is 70.1 Å². The number of halogens is 1. The van der Waals surface area contributed by atoms with Gasteiger partial charge in [-0.1, -0.05) is 61.5 Å². The molecular formula is C24H25BrN2O2. The lowest BCUT2D eigenvalue weighted by Crippen LogP contribution is -2.35. The van der Waals surface area contributed by atoms with Crippen LogP contribution in [-0.2, 0) is 32.7 Å². The number of rotatable bonds is 6. The SMILES string of the molecule is CCc1ccc(CN2CCn3cc(OCc4ccccc4)c(=O)c(Br)c3C2)cc1.